The number of benzene rings is 1. The topological polar surface area (TPSA) is 94.1 Å². The van der Waals surface area contributed by atoms with Gasteiger partial charge in [0, 0.05) is 19.8 Å². The van der Waals surface area contributed by atoms with Crippen LogP contribution in [0.25, 0.3) is 0 Å². The van der Waals surface area contributed by atoms with Crippen molar-refractivity contribution in [1.82, 2.24) is 0 Å². The van der Waals surface area contributed by atoms with Gasteiger partial charge in [-0.1, -0.05) is 18.2 Å². The summed E-state index contributed by atoms with van der Waals surface area (Å²) >= 11 is 0. The molecule has 0 saturated heterocycles. The molecule has 1 aromatic carbocycles. The molecule has 1 rings (SSSR count). The van der Waals surface area contributed by atoms with Crippen LogP contribution in [0.1, 0.15) is 22.0 Å². The van der Waals surface area contributed by atoms with E-state index in [0.29, 0.717) is 0 Å². The minimum Gasteiger partial charge on any atom is -0.544 e. The van der Waals surface area contributed by atoms with Gasteiger partial charge in [0.2, 0.25) is 0 Å². The third-order valence-corrected chi connectivity index (χ3v) is 2.73. The number of carboxylic acid groups (broad SMARTS) is 1. The lowest BCUT2D eigenvalue weighted by Crippen LogP contribution is -2.47. The molecule has 0 bridgehead atoms. The molecule has 1 atom stereocenters. The SMILES string of the molecule is COCOC(=O)c1ccccc1C(OCOC)C(F)(F)C(=O)[O-]. The van der Waals surface area contributed by atoms with Gasteiger partial charge in [0.15, 0.2) is 12.9 Å². The molecule has 0 N–H and O–H groups in total. The van der Waals surface area contributed by atoms with Crippen LogP contribution < -0.4 is 5.11 Å². The molecule has 0 aromatic heterocycles. The van der Waals surface area contributed by atoms with Gasteiger partial charge < -0.3 is 28.8 Å². The molecule has 1 unspecified atom stereocenters. The van der Waals surface area contributed by atoms with Gasteiger partial charge in [0.25, 0.3) is 0 Å². The van der Waals surface area contributed by atoms with Crippen LogP contribution in [0.15, 0.2) is 24.3 Å². The molecule has 0 fully saturated rings. The predicted molar refractivity (Wildman–Crippen MR) is 69.4 cm³/mol. The summed E-state index contributed by atoms with van der Waals surface area (Å²) in [5.74, 6) is -8.00. The Labute approximate surface area is 130 Å². The van der Waals surface area contributed by atoms with Crippen molar-refractivity contribution in [3.05, 3.63) is 35.4 Å². The second kappa shape index (κ2) is 8.51. The Hall–Kier alpha value is -2.10. The van der Waals surface area contributed by atoms with Crippen LogP contribution in [0.5, 0.6) is 0 Å². The quantitative estimate of drug-likeness (QED) is 0.479. The van der Waals surface area contributed by atoms with Crippen LogP contribution in [-0.4, -0.2) is 45.7 Å². The number of hydrogen-bond acceptors (Lipinski definition) is 7. The van der Waals surface area contributed by atoms with Crippen molar-refractivity contribution in [3.8, 4) is 0 Å². The van der Waals surface area contributed by atoms with Crippen molar-refractivity contribution in [3.63, 3.8) is 0 Å². The first-order chi connectivity index (χ1) is 10.9. The first kappa shape index (κ1) is 18.9. The lowest BCUT2D eigenvalue weighted by Gasteiger charge is -2.28. The molecule has 0 amide bonds. The van der Waals surface area contributed by atoms with Crippen LogP contribution in [0.3, 0.4) is 0 Å². The molecular formula is C14H15F2O7-. The normalized spacial score (nSPS) is 12.7. The first-order valence-corrected chi connectivity index (χ1v) is 6.31. The summed E-state index contributed by atoms with van der Waals surface area (Å²) in [6, 6.07) is 5.07. The summed E-state index contributed by atoms with van der Waals surface area (Å²) in [4.78, 5) is 22.6. The maximum absolute atomic E-state index is 13.9. The minimum absolute atomic E-state index is 0.286. The summed E-state index contributed by atoms with van der Waals surface area (Å²) in [5.41, 5.74) is -0.661. The van der Waals surface area contributed by atoms with E-state index in [1.165, 1.54) is 32.4 Å². The molecule has 0 spiro atoms. The number of carbonyl (C=O) groups is 2. The highest BCUT2D eigenvalue weighted by Gasteiger charge is 2.45. The molecule has 0 saturated carbocycles. The summed E-state index contributed by atoms with van der Waals surface area (Å²) < 4.78 is 46.3. The van der Waals surface area contributed by atoms with E-state index in [1.807, 2.05) is 0 Å². The molecule has 0 aliphatic heterocycles. The van der Waals surface area contributed by atoms with Gasteiger partial charge in [-0.15, -0.1) is 0 Å². The zero-order chi connectivity index (χ0) is 17.5. The maximum atomic E-state index is 13.9. The Kier molecular flexibility index (Phi) is 7.01. The van der Waals surface area contributed by atoms with E-state index >= 15 is 0 Å². The van der Waals surface area contributed by atoms with E-state index in [9.17, 15) is 23.5 Å². The minimum atomic E-state index is -4.39. The number of esters is 1. The highest BCUT2D eigenvalue weighted by Crippen LogP contribution is 2.36. The molecule has 23 heavy (non-hydrogen) atoms. The van der Waals surface area contributed by atoms with Crippen molar-refractivity contribution in [2.24, 2.45) is 0 Å². The zero-order valence-corrected chi connectivity index (χ0v) is 12.4. The number of hydrogen-bond donors (Lipinski definition) is 0. The lowest BCUT2D eigenvalue weighted by molar-refractivity contribution is -0.339. The molecule has 0 heterocycles. The molecule has 0 aliphatic carbocycles. The number of aliphatic carboxylic acids is 1. The standard InChI is InChI=1S/C14H16F2O7/c1-20-7-22-11(14(15,16)13(18)19)9-5-3-4-6-10(9)12(17)23-8-21-2/h3-6,11H,7-8H2,1-2H3,(H,18,19)/p-1. The fourth-order valence-corrected chi connectivity index (χ4v) is 1.73. The Morgan fingerprint density at radius 1 is 1.17 bits per heavy atom. The van der Waals surface area contributed by atoms with Crippen LogP contribution in [0.4, 0.5) is 8.78 Å². The molecule has 0 radical (unpaired) electrons. The van der Waals surface area contributed by atoms with E-state index in [2.05, 4.69) is 14.2 Å². The monoisotopic (exact) mass is 333 g/mol. The van der Waals surface area contributed by atoms with Crippen LogP contribution in [-0.2, 0) is 23.7 Å². The molecular weight excluding hydrogens is 318 g/mol. The highest BCUT2D eigenvalue weighted by atomic mass is 19.3. The van der Waals surface area contributed by atoms with Gasteiger partial charge in [0.1, 0.15) is 12.8 Å². The number of rotatable bonds is 9. The van der Waals surface area contributed by atoms with Crippen LogP contribution in [0, 0.1) is 0 Å². The molecule has 0 aliphatic rings. The summed E-state index contributed by atoms with van der Waals surface area (Å²) in [6.45, 7) is -1.01. The average Bonchev–Trinajstić information content (AvgIpc) is 2.53. The summed E-state index contributed by atoms with van der Waals surface area (Å²) in [7, 11) is 2.45. The van der Waals surface area contributed by atoms with Gasteiger partial charge in [-0.25, -0.2) is 4.79 Å². The summed E-state index contributed by atoms with van der Waals surface area (Å²) in [5, 5.41) is 10.7. The van der Waals surface area contributed by atoms with E-state index in [-0.39, 0.29) is 11.1 Å². The third-order valence-electron chi connectivity index (χ3n) is 2.73. The smallest absolute Gasteiger partial charge is 0.340 e. The van der Waals surface area contributed by atoms with Crippen molar-refractivity contribution in [2.45, 2.75) is 12.0 Å². The average molecular weight is 333 g/mol. The Balaban J connectivity index is 3.25. The van der Waals surface area contributed by atoms with Crippen molar-refractivity contribution in [1.29, 1.82) is 0 Å². The van der Waals surface area contributed by atoms with E-state index in [4.69, 9.17) is 4.74 Å². The Morgan fingerprint density at radius 3 is 2.35 bits per heavy atom. The number of carboxylic acids is 1. The van der Waals surface area contributed by atoms with Crippen LogP contribution in [0.2, 0.25) is 0 Å². The second-order valence-corrected chi connectivity index (χ2v) is 4.29. The first-order valence-electron chi connectivity index (χ1n) is 6.31. The van der Waals surface area contributed by atoms with E-state index in [0.717, 1.165) is 6.07 Å². The maximum Gasteiger partial charge on any atom is 0.340 e. The largest absolute Gasteiger partial charge is 0.544 e. The van der Waals surface area contributed by atoms with Crippen molar-refractivity contribution in [2.75, 3.05) is 27.8 Å². The van der Waals surface area contributed by atoms with Crippen LogP contribution >= 0.6 is 0 Å². The fraction of sp³-hybridized carbons (Fsp3) is 0.429. The highest BCUT2D eigenvalue weighted by molar-refractivity contribution is 5.91. The number of methoxy groups -OCH3 is 2. The molecule has 9 heteroatoms. The number of ether oxygens (including phenoxy) is 4. The van der Waals surface area contributed by atoms with E-state index in [1.54, 1.807) is 0 Å². The van der Waals surface area contributed by atoms with Gasteiger partial charge in [0.05, 0.1) is 5.56 Å². The Bertz CT molecular complexity index is 548. The zero-order valence-electron chi connectivity index (χ0n) is 12.4. The summed E-state index contributed by atoms with van der Waals surface area (Å²) in [6.07, 6.45) is -2.29. The molecule has 128 valence electrons. The van der Waals surface area contributed by atoms with Gasteiger partial charge >= 0.3 is 11.9 Å². The number of alkyl halides is 2. The predicted octanol–water partition coefficient (Wildman–Crippen LogP) is 0.494. The van der Waals surface area contributed by atoms with Gasteiger partial charge in [-0.05, 0) is 6.07 Å². The fourth-order valence-electron chi connectivity index (χ4n) is 1.73. The third kappa shape index (κ3) is 4.68. The Morgan fingerprint density at radius 2 is 1.78 bits per heavy atom. The second-order valence-electron chi connectivity index (χ2n) is 4.29. The van der Waals surface area contributed by atoms with Gasteiger partial charge in [-0.2, -0.15) is 8.78 Å². The number of carbonyl (C=O) groups excluding carboxylic acids is 2. The van der Waals surface area contributed by atoms with E-state index < -0.39 is 37.6 Å². The van der Waals surface area contributed by atoms with Crippen molar-refractivity contribution < 1.29 is 42.4 Å². The molecule has 1 aromatic rings. The molecule has 7 nitrogen and oxygen atoms in total. The van der Waals surface area contributed by atoms with Gasteiger partial charge in [-0.3, -0.25) is 0 Å². The number of halogens is 2. The lowest BCUT2D eigenvalue weighted by atomic mass is 9.97. The van der Waals surface area contributed by atoms with Crippen molar-refractivity contribution >= 4 is 11.9 Å².